The van der Waals surface area contributed by atoms with E-state index in [1.54, 1.807) is 13.1 Å². The van der Waals surface area contributed by atoms with Crippen molar-refractivity contribution in [2.45, 2.75) is 38.3 Å². The van der Waals surface area contributed by atoms with E-state index >= 15 is 0 Å². The van der Waals surface area contributed by atoms with Crippen LogP contribution in [0.5, 0.6) is 0 Å². The number of imidazole rings is 1. The first-order chi connectivity index (χ1) is 12.7. The number of aromatic nitrogens is 2. The molecule has 4 rings (SSSR count). The van der Waals surface area contributed by atoms with Crippen LogP contribution in [0.2, 0.25) is 0 Å². The second-order valence-electron chi connectivity index (χ2n) is 7.39. The number of carbonyl (C=O) groups excluding carboxylic acids is 1. The van der Waals surface area contributed by atoms with E-state index < -0.39 is 0 Å². The molecule has 138 valence electrons. The van der Waals surface area contributed by atoms with Gasteiger partial charge in [-0.2, -0.15) is 0 Å². The minimum Gasteiger partial charge on any atom is -0.371 e. The minimum absolute atomic E-state index is 0.0887. The van der Waals surface area contributed by atoms with Crippen molar-refractivity contribution in [2.24, 2.45) is 0 Å². The first kappa shape index (κ1) is 17.1. The summed E-state index contributed by atoms with van der Waals surface area (Å²) >= 11 is 0. The lowest BCUT2D eigenvalue weighted by Gasteiger charge is -2.38. The van der Waals surface area contributed by atoms with Crippen molar-refractivity contribution >= 4 is 11.6 Å². The van der Waals surface area contributed by atoms with Crippen LogP contribution in [0.1, 0.15) is 26.2 Å². The number of rotatable bonds is 4. The van der Waals surface area contributed by atoms with E-state index in [4.69, 9.17) is 0 Å². The highest BCUT2D eigenvalue weighted by Gasteiger charge is 2.30. The fourth-order valence-corrected chi connectivity index (χ4v) is 4.26. The van der Waals surface area contributed by atoms with Crippen LogP contribution in [0.15, 0.2) is 43.0 Å². The molecular weight excluding hydrogens is 326 g/mol. The van der Waals surface area contributed by atoms with Gasteiger partial charge in [0, 0.05) is 69.0 Å². The van der Waals surface area contributed by atoms with E-state index in [1.807, 2.05) is 17.1 Å². The van der Waals surface area contributed by atoms with Gasteiger partial charge in [0.25, 0.3) is 0 Å². The molecule has 0 spiro atoms. The zero-order valence-corrected chi connectivity index (χ0v) is 15.3. The summed E-state index contributed by atoms with van der Waals surface area (Å²) in [4.78, 5) is 20.4. The topological polar surface area (TPSA) is 53.4 Å². The van der Waals surface area contributed by atoms with Crippen molar-refractivity contribution < 1.29 is 4.79 Å². The number of benzene rings is 1. The zero-order valence-electron chi connectivity index (χ0n) is 15.3. The van der Waals surface area contributed by atoms with Crippen LogP contribution in [0, 0.1) is 0 Å². The molecule has 2 saturated heterocycles. The van der Waals surface area contributed by atoms with E-state index in [-0.39, 0.29) is 5.91 Å². The van der Waals surface area contributed by atoms with Gasteiger partial charge in [0.05, 0.1) is 6.33 Å². The van der Waals surface area contributed by atoms with E-state index in [0.717, 1.165) is 38.3 Å². The molecule has 1 aromatic carbocycles. The molecule has 0 saturated carbocycles. The quantitative estimate of drug-likeness (QED) is 0.914. The van der Waals surface area contributed by atoms with Gasteiger partial charge in [0.15, 0.2) is 0 Å². The number of likely N-dealkylation sites (tertiary alicyclic amines) is 1. The molecule has 2 aliphatic heterocycles. The molecule has 2 aliphatic rings. The van der Waals surface area contributed by atoms with Crippen molar-refractivity contribution in [3.05, 3.63) is 43.0 Å². The molecule has 1 aromatic heterocycles. The van der Waals surface area contributed by atoms with E-state index in [1.165, 1.54) is 18.5 Å². The van der Waals surface area contributed by atoms with Gasteiger partial charge in [-0.15, -0.1) is 0 Å². The Morgan fingerprint density at radius 2 is 1.81 bits per heavy atom. The molecule has 1 amide bonds. The van der Waals surface area contributed by atoms with Gasteiger partial charge in [-0.05, 0) is 43.5 Å². The first-order valence-corrected chi connectivity index (χ1v) is 9.53. The number of nitrogens with one attached hydrogen (secondary N) is 1. The lowest BCUT2D eigenvalue weighted by Crippen LogP contribution is -2.45. The van der Waals surface area contributed by atoms with Gasteiger partial charge in [-0.25, -0.2) is 4.98 Å². The summed E-state index contributed by atoms with van der Waals surface area (Å²) in [6.07, 6.45) is 9.05. The Balaban J connectivity index is 1.30. The fraction of sp³-hybridized carbons (Fsp3) is 0.500. The van der Waals surface area contributed by atoms with Gasteiger partial charge in [-0.1, -0.05) is 0 Å². The van der Waals surface area contributed by atoms with Gasteiger partial charge < -0.3 is 14.8 Å². The molecule has 3 heterocycles. The van der Waals surface area contributed by atoms with Crippen LogP contribution in [-0.4, -0.2) is 58.6 Å². The Labute approximate surface area is 154 Å². The van der Waals surface area contributed by atoms with Crippen LogP contribution >= 0.6 is 0 Å². The summed E-state index contributed by atoms with van der Waals surface area (Å²) in [7, 11) is 0. The van der Waals surface area contributed by atoms with Crippen LogP contribution in [0.4, 0.5) is 5.69 Å². The number of anilines is 1. The third kappa shape index (κ3) is 3.75. The van der Waals surface area contributed by atoms with Crippen molar-refractivity contribution in [2.75, 3.05) is 31.1 Å². The first-order valence-electron chi connectivity index (χ1n) is 9.53. The molecule has 0 aliphatic carbocycles. The maximum atomic E-state index is 11.2. The monoisotopic (exact) mass is 353 g/mol. The molecule has 2 aromatic rings. The molecule has 6 heteroatoms. The standard InChI is InChI=1S/C20H27N5O/c1-16(26)22-17-6-10-24(14-17)20-7-11-23(12-8-20)18-2-4-19(5-3-18)25-13-9-21-15-25/h2-5,9,13,15,17,20H,6-8,10-12,14H2,1H3,(H,22,26). The van der Waals surface area contributed by atoms with E-state index in [0.29, 0.717) is 12.1 Å². The predicted octanol–water partition coefficient (Wildman–Crippen LogP) is 2.05. The van der Waals surface area contributed by atoms with E-state index in [2.05, 4.69) is 44.4 Å². The highest BCUT2D eigenvalue weighted by Crippen LogP contribution is 2.25. The Morgan fingerprint density at radius 1 is 1.08 bits per heavy atom. The highest BCUT2D eigenvalue weighted by molar-refractivity contribution is 5.73. The summed E-state index contributed by atoms with van der Waals surface area (Å²) in [6, 6.07) is 9.70. The van der Waals surface area contributed by atoms with Crippen molar-refractivity contribution in [1.29, 1.82) is 0 Å². The van der Waals surface area contributed by atoms with E-state index in [9.17, 15) is 4.79 Å². The second kappa shape index (κ2) is 7.50. The van der Waals surface area contributed by atoms with Gasteiger partial charge in [0.2, 0.25) is 5.91 Å². The van der Waals surface area contributed by atoms with Gasteiger partial charge >= 0.3 is 0 Å². The molecule has 0 radical (unpaired) electrons. The van der Waals surface area contributed by atoms with Gasteiger partial charge in [-0.3, -0.25) is 9.69 Å². The maximum absolute atomic E-state index is 11.2. The van der Waals surface area contributed by atoms with Crippen LogP contribution in [-0.2, 0) is 4.79 Å². The summed E-state index contributed by atoms with van der Waals surface area (Å²) in [5.41, 5.74) is 2.44. The average Bonchev–Trinajstić information content (AvgIpc) is 3.34. The number of amides is 1. The number of carbonyl (C=O) groups is 1. The SMILES string of the molecule is CC(=O)NC1CCN(C2CCN(c3ccc(-n4ccnc4)cc3)CC2)C1. The summed E-state index contributed by atoms with van der Waals surface area (Å²) in [5.74, 6) is 0.0887. The predicted molar refractivity (Wildman–Crippen MR) is 103 cm³/mol. The third-order valence-electron chi connectivity index (χ3n) is 5.63. The molecule has 1 N–H and O–H groups in total. The number of nitrogens with zero attached hydrogens (tertiary/aromatic N) is 4. The molecule has 26 heavy (non-hydrogen) atoms. The average molecular weight is 353 g/mol. The summed E-state index contributed by atoms with van der Waals surface area (Å²) < 4.78 is 2.02. The highest BCUT2D eigenvalue weighted by atomic mass is 16.1. The van der Waals surface area contributed by atoms with Crippen LogP contribution < -0.4 is 10.2 Å². The van der Waals surface area contributed by atoms with Crippen molar-refractivity contribution in [3.63, 3.8) is 0 Å². The lowest BCUT2D eigenvalue weighted by molar-refractivity contribution is -0.119. The Hall–Kier alpha value is -2.34. The summed E-state index contributed by atoms with van der Waals surface area (Å²) in [5, 5.41) is 3.06. The zero-order chi connectivity index (χ0) is 17.9. The third-order valence-corrected chi connectivity index (χ3v) is 5.63. The van der Waals surface area contributed by atoms with Crippen LogP contribution in [0.25, 0.3) is 5.69 Å². The van der Waals surface area contributed by atoms with Crippen molar-refractivity contribution in [3.8, 4) is 5.69 Å². The summed E-state index contributed by atoms with van der Waals surface area (Å²) in [6.45, 7) is 5.91. The lowest BCUT2D eigenvalue weighted by atomic mass is 10.0. The smallest absolute Gasteiger partial charge is 0.217 e. The number of hydrogen-bond donors (Lipinski definition) is 1. The van der Waals surface area contributed by atoms with Gasteiger partial charge in [0.1, 0.15) is 0 Å². The molecule has 0 bridgehead atoms. The molecule has 1 atom stereocenters. The van der Waals surface area contributed by atoms with Crippen molar-refractivity contribution in [1.82, 2.24) is 19.8 Å². The molecule has 1 unspecified atom stereocenters. The molecular formula is C20H27N5O. The molecule has 6 nitrogen and oxygen atoms in total. The largest absolute Gasteiger partial charge is 0.371 e. The number of piperidine rings is 1. The normalized spacial score (nSPS) is 21.9. The number of hydrogen-bond acceptors (Lipinski definition) is 4. The Bertz CT molecular complexity index is 719. The maximum Gasteiger partial charge on any atom is 0.217 e. The fourth-order valence-electron chi connectivity index (χ4n) is 4.26. The Kier molecular flexibility index (Phi) is 4.93. The molecule has 2 fully saturated rings. The second-order valence-corrected chi connectivity index (χ2v) is 7.39. The Morgan fingerprint density at radius 3 is 2.46 bits per heavy atom. The minimum atomic E-state index is 0.0887. The van der Waals surface area contributed by atoms with Crippen LogP contribution in [0.3, 0.4) is 0 Å².